The summed E-state index contributed by atoms with van der Waals surface area (Å²) in [6.45, 7) is 12.3. The number of rotatable bonds is 8. The van der Waals surface area contributed by atoms with Crippen LogP contribution >= 0.6 is 0 Å². The third-order valence-corrected chi connectivity index (χ3v) is 3.93. The number of nitrogens with zero attached hydrogens (tertiary/aromatic N) is 1. The van der Waals surface area contributed by atoms with Crippen LogP contribution < -0.4 is 5.32 Å². The molecule has 3 nitrogen and oxygen atoms in total. The van der Waals surface area contributed by atoms with Crippen LogP contribution in [-0.4, -0.2) is 50.8 Å². The number of piperidine rings is 1. The Balaban J connectivity index is 2.47. The first kappa shape index (κ1) is 15.9. The molecular weight excluding hydrogens is 224 g/mol. The first-order valence-electron chi connectivity index (χ1n) is 7.62. The van der Waals surface area contributed by atoms with E-state index in [0.717, 1.165) is 19.7 Å². The molecule has 0 radical (unpaired) electrons. The lowest BCUT2D eigenvalue weighted by atomic mass is 9.84. The minimum absolute atomic E-state index is 0.400. The molecule has 1 fully saturated rings. The van der Waals surface area contributed by atoms with Gasteiger partial charge < -0.3 is 15.0 Å². The molecule has 1 saturated heterocycles. The number of nitrogens with one attached hydrogen (secondary N) is 1. The van der Waals surface area contributed by atoms with Crippen molar-refractivity contribution >= 4 is 0 Å². The molecule has 0 aromatic heterocycles. The van der Waals surface area contributed by atoms with Crippen molar-refractivity contribution in [3.05, 3.63) is 0 Å². The average molecular weight is 256 g/mol. The lowest BCUT2D eigenvalue weighted by Gasteiger charge is -2.39. The summed E-state index contributed by atoms with van der Waals surface area (Å²) < 4.78 is 5.79. The molecule has 1 aliphatic rings. The first-order valence-corrected chi connectivity index (χ1v) is 7.62. The highest BCUT2D eigenvalue weighted by Gasteiger charge is 2.28. The monoisotopic (exact) mass is 256 g/mol. The molecule has 1 N–H and O–H groups in total. The summed E-state index contributed by atoms with van der Waals surface area (Å²) in [6, 6.07) is 0. The fourth-order valence-electron chi connectivity index (χ4n) is 3.32. The maximum absolute atomic E-state index is 5.79. The Hall–Kier alpha value is -0.120. The molecule has 1 heterocycles. The largest absolute Gasteiger partial charge is 0.377 e. The van der Waals surface area contributed by atoms with Crippen LogP contribution in [0.15, 0.2) is 0 Å². The fourth-order valence-corrected chi connectivity index (χ4v) is 3.32. The van der Waals surface area contributed by atoms with E-state index in [0.29, 0.717) is 11.5 Å². The lowest BCUT2D eigenvalue weighted by molar-refractivity contribution is -0.00593. The third-order valence-electron chi connectivity index (χ3n) is 3.93. The van der Waals surface area contributed by atoms with E-state index in [-0.39, 0.29) is 0 Å². The van der Waals surface area contributed by atoms with E-state index in [1.165, 1.54) is 38.8 Å². The lowest BCUT2D eigenvalue weighted by Crippen LogP contribution is -2.47. The molecule has 2 atom stereocenters. The van der Waals surface area contributed by atoms with Gasteiger partial charge in [0.25, 0.3) is 0 Å². The van der Waals surface area contributed by atoms with Crippen molar-refractivity contribution < 1.29 is 4.74 Å². The van der Waals surface area contributed by atoms with Crippen molar-refractivity contribution in [2.24, 2.45) is 5.41 Å². The standard InChI is InChI=1S/C15H32N2O/c1-5-9-15(3,12-16-4)13-17-10-7-8-14(11-17)18-6-2/h14,16H,5-13H2,1-4H3. The Bertz CT molecular complexity index is 213. The predicted octanol–water partition coefficient (Wildman–Crippen LogP) is 2.51. The summed E-state index contributed by atoms with van der Waals surface area (Å²) in [4.78, 5) is 2.61. The second kappa shape index (κ2) is 8.13. The fraction of sp³-hybridized carbons (Fsp3) is 1.00. The van der Waals surface area contributed by atoms with Gasteiger partial charge in [0.2, 0.25) is 0 Å². The van der Waals surface area contributed by atoms with Crippen molar-refractivity contribution in [3.8, 4) is 0 Å². The zero-order valence-corrected chi connectivity index (χ0v) is 12.8. The summed E-state index contributed by atoms with van der Waals surface area (Å²) in [5, 5.41) is 3.36. The quantitative estimate of drug-likeness (QED) is 0.722. The van der Waals surface area contributed by atoms with Gasteiger partial charge in [-0.25, -0.2) is 0 Å². The normalized spacial score (nSPS) is 25.0. The van der Waals surface area contributed by atoms with Gasteiger partial charge in [-0.15, -0.1) is 0 Å². The summed E-state index contributed by atoms with van der Waals surface area (Å²) >= 11 is 0. The molecule has 3 heteroatoms. The molecule has 0 aromatic carbocycles. The predicted molar refractivity (Wildman–Crippen MR) is 78.0 cm³/mol. The van der Waals surface area contributed by atoms with E-state index < -0.39 is 0 Å². The average Bonchev–Trinajstić information content (AvgIpc) is 2.30. The van der Waals surface area contributed by atoms with Crippen molar-refractivity contribution in [2.45, 2.75) is 52.6 Å². The molecule has 108 valence electrons. The third kappa shape index (κ3) is 5.25. The van der Waals surface area contributed by atoms with E-state index >= 15 is 0 Å². The Morgan fingerprint density at radius 2 is 2.17 bits per heavy atom. The van der Waals surface area contributed by atoms with E-state index in [2.05, 4.69) is 38.0 Å². The number of ether oxygens (including phenoxy) is 1. The summed E-state index contributed by atoms with van der Waals surface area (Å²) in [6.07, 6.45) is 5.54. The summed E-state index contributed by atoms with van der Waals surface area (Å²) in [5.74, 6) is 0. The van der Waals surface area contributed by atoms with Crippen LogP contribution in [0.3, 0.4) is 0 Å². The first-order chi connectivity index (χ1) is 8.63. The second-order valence-corrected chi connectivity index (χ2v) is 6.05. The van der Waals surface area contributed by atoms with Gasteiger partial charge in [0, 0.05) is 26.2 Å². The van der Waals surface area contributed by atoms with E-state index in [9.17, 15) is 0 Å². The molecule has 0 aliphatic carbocycles. The molecular formula is C15H32N2O. The van der Waals surface area contributed by atoms with Crippen molar-refractivity contribution in [2.75, 3.05) is 39.8 Å². The molecule has 18 heavy (non-hydrogen) atoms. The SMILES string of the molecule is CCCC(C)(CNC)CN1CCCC(OCC)C1. The van der Waals surface area contributed by atoms with Gasteiger partial charge in [0.1, 0.15) is 0 Å². The topological polar surface area (TPSA) is 24.5 Å². The molecule has 1 rings (SSSR count). The Morgan fingerprint density at radius 3 is 2.78 bits per heavy atom. The van der Waals surface area contributed by atoms with E-state index in [1.54, 1.807) is 0 Å². The Morgan fingerprint density at radius 1 is 1.39 bits per heavy atom. The van der Waals surface area contributed by atoms with Crippen LogP contribution in [0.1, 0.15) is 46.5 Å². The highest BCUT2D eigenvalue weighted by Crippen LogP contribution is 2.26. The van der Waals surface area contributed by atoms with Crippen molar-refractivity contribution in [1.82, 2.24) is 10.2 Å². The molecule has 0 aromatic rings. The molecule has 1 aliphatic heterocycles. The van der Waals surface area contributed by atoms with Crippen LogP contribution in [0.4, 0.5) is 0 Å². The summed E-state index contributed by atoms with van der Waals surface area (Å²) in [7, 11) is 2.06. The zero-order chi connectivity index (χ0) is 13.4. The molecule has 2 unspecified atom stereocenters. The van der Waals surface area contributed by atoms with Gasteiger partial charge in [-0.1, -0.05) is 20.3 Å². The van der Waals surface area contributed by atoms with Crippen LogP contribution in [0.2, 0.25) is 0 Å². The Kier molecular flexibility index (Phi) is 7.20. The zero-order valence-electron chi connectivity index (χ0n) is 12.8. The minimum atomic E-state index is 0.400. The maximum Gasteiger partial charge on any atom is 0.0702 e. The van der Waals surface area contributed by atoms with Crippen LogP contribution in [0.5, 0.6) is 0 Å². The number of likely N-dealkylation sites (tertiary alicyclic amines) is 1. The van der Waals surface area contributed by atoms with Gasteiger partial charge in [-0.2, -0.15) is 0 Å². The number of hydrogen-bond acceptors (Lipinski definition) is 3. The van der Waals surface area contributed by atoms with E-state index in [1.807, 2.05) is 0 Å². The summed E-state index contributed by atoms with van der Waals surface area (Å²) in [5.41, 5.74) is 0.400. The molecule has 0 bridgehead atoms. The number of hydrogen-bond donors (Lipinski definition) is 1. The molecule has 0 spiro atoms. The van der Waals surface area contributed by atoms with Gasteiger partial charge in [-0.05, 0) is 45.2 Å². The highest BCUT2D eigenvalue weighted by molar-refractivity contribution is 4.83. The van der Waals surface area contributed by atoms with Crippen LogP contribution in [0, 0.1) is 5.41 Å². The second-order valence-electron chi connectivity index (χ2n) is 6.05. The Labute approximate surface area is 113 Å². The van der Waals surface area contributed by atoms with Gasteiger partial charge in [0.05, 0.1) is 6.10 Å². The van der Waals surface area contributed by atoms with Gasteiger partial charge in [-0.3, -0.25) is 0 Å². The maximum atomic E-state index is 5.79. The van der Waals surface area contributed by atoms with E-state index in [4.69, 9.17) is 4.74 Å². The van der Waals surface area contributed by atoms with Gasteiger partial charge in [0.15, 0.2) is 0 Å². The molecule has 0 amide bonds. The molecule has 0 saturated carbocycles. The minimum Gasteiger partial charge on any atom is -0.377 e. The van der Waals surface area contributed by atoms with Crippen LogP contribution in [0.25, 0.3) is 0 Å². The highest BCUT2D eigenvalue weighted by atomic mass is 16.5. The van der Waals surface area contributed by atoms with Crippen molar-refractivity contribution in [3.63, 3.8) is 0 Å². The van der Waals surface area contributed by atoms with Gasteiger partial charge >= 0.3 is 0 Å². The van der Waals surface area contributed by atoms with Crippen LogP contribution in [-0.2, 0) is 4.74 Å². The van der Waals surface area contributed by atoms with Crippen molar-refractivity contribution in [1.29, 1.82) is 0 Å². The smallest absolute Gasteiger partial charge is 0.0702 e.